The number of alkyl carbamates (subject to hydrolysis) is 1. The zero-order chi connectivity index (χ0) is 19.7. The summed E-state index contributed by atoms with van der Waals surface area (Å²) in [5.41, 5.74) is -0.484. The molecular weight excluding hydrogens is 362 g/mol. The Morgan fingerprint density at radius 3 is 2.67 bits per heavy atom. The third-order valence-corrected chi connectivity index (χ3v) is 4.98. The number of rotatable bonds is 6. The number of ether oxygens (including phenoxy) is 1. The van der Waals surface area contributed by atoms with E-state index < -0.39 is 11.7 Å². The van der Waals surface area contributed by atoms with E-state index in [1.807, 2.05) is 20.8 Å². The second-order valence-corrected chi connectivity index (χ2v) is 8.47. The van der Waals surface area contributed by atoms with Gasteiger partial charge >= 0.3 is 6.09 Å². The molecule has 1 fully saturated rings. The monoisotopic (exact) mass is 395 g/mol. The molecule has 0 spiro atoms. The molecule has 0 atom stereocenters. The number of piperidine rings is 1. The van der Waals surface area contributed by atoms with Crippen LogP contribution in [0.5, 0.6) is 0 Å². The number of carbonyl (C=O) groups is 1. The molecule has 0 unspecified atom stereocenters. The van der Waals surface area contributed by atoms with Gasteiger partial charge in [-0.2, -0.15) is 0 Å². The second-order valence-electron chi connectivity index (χ2n) is 7.55. The van der Waals surface area contributed by atoms with E-state index in [-0.39, 0.29) is 0 Å². The van der Waals surface area contributed by atoms with Crippen LogP contribution >= 0.6 is 11.3 Å². The highest BCUT2D eigenvalue weighted by Crippen LogP contribution is 2.24. The quantitative estimate of drug-likeness (QED) is 0.392. The van der Waals surface area contributed by atoms with Crippen molar-refractivity contribution in [3.63, 3.8) is 0 Å². The minimum absolute atomic E-state index is 0.406. The van der Waals surface area contributed by atoms with Gasteiger partial charge in [0.15, 0.2) is 5.96 Å². The number of thiophene rings is 1. The summed E-state index contributed by atoms with van der Waals surface area (Å²) in [4.78, 5) is 18.7. The van der Waals surface area contributed by atoms with Gasteiger partial charge in [0.2, 0.25) is 0 Å². The molecule has 0 bridgehead atoms. The third kappa shape index (κ3) is 8.07. The molecule has 1 aliphatic heterocycles. The molecule has 1 aromatic rings. The summed E-state index contributed by atoms with van der Waals surface area (Å²) in [7, 11) is 0. The van der Waals surface area contributed by atoms with Crippen molar-refractivity contribution >= 4 is 28.4 Å². The lowest BCUT2D eigenvalue weighted by Gasteiger charge is -2.33. The van der Waals surface area contributed by atoms with E-state index in [1.165, 1.54) is 5.00 Å². The van der Waals surface area contributed by atoms with E-state index in [0.717, 1.165) is 38.4 Å². The van der Waals surface area contributed by atoms with Crippen LogP contribution in [-0.2, 0) is 4.74 Å². The van der Waals surface area contributed by atoms with Crippen molar-refractivity contribution in [2.75, 3.05) is 37.6 Å². The Kier molecular flexibility index (Phi) is 8.22. The molecule has 152 valence electrons. The van der Waals surface area contributed by atoms with E-state index in [4.69, 9.17) is 4.74 Å². The van der Waals surface area contributed by atoms with E-state index in [9.17, 15) is 4.79 Å². The Balaban J connectivity index is 1.73. The lowest BCUT2D eigenvalue weighted by molar-refractivity contribution is 0.0529. The van der Waals surface area contributed by atoms with Gasteiger partial charge in [-0.3, -0.25) is 4.99 Å². The fourth-order valence-corrected chi connectivity index (χ4v) is 3.63. The lowest BCUT2D eigenvalue weighted by atomic mass is 10.1. The average Bonchev–Trinajstić information content (AvgIpc) is 3.12. The Morgan fingerprint density at radius 2 is 2.07 bits per heavy atom. The number of nitrogens with zero attached hydrogens (tertiary/aromatic N) is 2. The van der Waals surface area contributed by atoms with Crippen LogP contribution < -0.4 is 20.9 Å². The standard InChI is InChI=1S/C19H33N5O2S/c1-5-20-17(21-10-11-22-18(25)26-19(2,3)4)23-15-8-12-24(13-9-15)16-7-6-14-27-16/h6-7,14-15H,5,8-13H2,1-4H3,(H,22,25)(H2,20,21,23). The summed E-state index contributed by atoms with van der Waals surface area (Å²) in [6, 6.07) is 4.70. The van der Waals surface area contributed by atoms with Gasteiger partial charge in [0.05, 0.1) is 11.5 Å². The Bertz CT molecular complexity index is 590. The van der Waals surface area contributed by atoms with Crippen molar-refractivity contribution in [3.05, 3.63) is 17.5 Å². The van der Waals surface area contributed by atoms with Crippen LogP contribution in [0.4, 0.5) is 9.80 Å². The summed E-state index contributed by atoms with van der Waals surface area (Å²) < 4.78 is 5.22. The molecule has 2 rings (SSSR count). The fourth-order valence-electron chi connectivity index (χ4n) is 2.85. The van der Waals surface area contributed by atoms with E-state index in [1.54, 1.807) is 11.3 Å². The normalized spacial score (nSPS) is 16.1. The zero-order valence-electron chi connectivity index (χ0n) is 16.9. The molecule has 0 aliphatic carbocycles. The summed E-state index contributed by atoms with van der Waals surface area (Å²) in [5.74, 6) is 0.804. The van der Waals surface area contributed by atoms with Gasteiger partial charge in [0, 0.05) is 32.2 Å². The predicted octanol–water partition coefficient (Wildman–Crippen LogP) is 2.80. The van der Waals surface area contributed by atoms with Gasteiger partial charge in [-0.05, 0) is 58.0 Å². The first-order valence-electron chi connectivity index (χ1n) is 9.67. The summed E-state index contributed by atoms with van der Waals surface area (Å²) in [5, 5.41) is 13.0. The molecule has 2 heterocycles. The molecule has 1 aliphatic rings. The zero-order valence-corrected chi connectivity index (χ0v) is 17.7. The smallest absolute Gasteiger partial charge is 0.407 e. The predicted molar refractivity (Wildman–Crippen MR) is 113 cm³/mol. The molecule has 8 heteroatoms. The number of nitrogens with one attached hydrogen (secondary N) is 3. The second kappa shape index (κ2) is 10.4. The SMILES string of the molecule is CCNC(=NCCNC(=O)OC(C)(C)C)NC1CCN(c2cccs2)CC1. The molecule has 3 N–H and O–H groups in total. The maximum atomic E-state index is 11.7. The van der Waals surface area contributed by atoms with E-state index in [0.29, 0.717) is 19.1 Å². The highest BCUT2D eigenvalue weighted by molar-refractivity contribution is 7.14. The number of carbonyl (C=O) groups excluding carboxylic acids is 1. The molecule has 1 saturated heterocycles. The van der Waals surface area contributed by atoms with Gasteiger partial charge in [-0.25, -0.2) is 4.79 Å². The molecular formula is C19H33N5O2S. The maximum Gasteiger partial charge on any atom is 0.407 e. The number of amides is 1. The highest BCUT2D eigenvalue weighted by Gasteiger charge is 2.20. The number of guanidine groups is 1. The minimum Gasteiger partial charge on any atom is -0.444 e. The van der Waals surface area contributed by atoms with Gasteiger partial charge in [0.25, 0.3) is 0 Å². The van der Waals surface area contributed by atoms with E-state index >= 15 is 0 Å². The van der Waals surface area contributed by atoms with Crippen molar-refractivity contribution in [1.82, 2.24) is 16.0 Å². The van der Waals surface area contributed by atoms with Crippen LogP contribution in [0, 0.1) is 0 Å². The van der Waals surface area contributed by atoms with Crippen molar-refractivity contribution in [1.29, 1.82) is 0 Å². The molecule has 1 aromatic heterocycles. The van der Waals surface area contributed by atoms with Gasteiger partial charge in [-0.1, -0.05) is 0 Å². The Hall–Kier alpha value is -1.96. The molecule has 0 radical (unpaired) electrons. The fraction of sp³-hybridized carbons (Fsp3) is 0.684. The number of anilines is 1. The number of hydrogen-bond donors (Lipinski definition) is 3. The van der Waals surface area contributed by atoms with Crippen molar-refractivity contribution in [2.45, 2.75) is 52.2 Å². The molecule has 27 heavy (non-hydrogen) atoms. The first-order valence-corrected chi connectivity index (χ1v) is 10.6. The first-order chi connectivity index (χ1) is 12.9. The number of aliphatic imine (C=N–C) groups is 1. The van der Waals surface area contributed by atoms with Crippen molar-refractivity contribution < 1.29 is 9.53 Å². The van der Waals surface area contributed by atoms with Crippen molar-refractivity contribution in [3.8, 4) is 0 Å². The van der Waals surface area contributed by atoms with Gasteiger partial charge in [0.1, 0.15) is 5.60 Å². The molecule has 0 aromatic carbocycles. The Labute approximate surface area is 166 Å². The number of hydrogen-bond acceptors (Lipinski definition) is 5. The minimum atomic E-state index is -0.484. The highest BCUT2D eigenvalue weighted by atomic mass is 32.1. The van der Waals surface area contributed by atoms with Crippen LogP contribution in [0.15, 0.2) is 22.5 Å². The third-order valence-electron chi connectivity index (χ3n) is 4.05. The van der Waals surface area contributed by atoms with Crippen LogP contribution in [0.1, 0.15) is 40.5 Å². The van der Waals surface area contributed by atoms with Crippen LogP contribution in [-0.4, -0.2) is 56.4 Å². The van der Waals surface area contributed by atoms with Gasteiger partial charge in [-0.15, -0.1) is 11.3 Å². The molecule has 0 saturated carbocycles. The van der Waals surface area contributed by atoms with Crippen molar-refractivity contribution in [2.24, 2.45) is 4.99 Å². The van der Waals surface area contributed by atoms with Gasteiger partial charge < -0.3 is 25.6 Å². The van der Waals surface area contributed by atoms with Crippen LogP contribution in [0.25, 0.3) is 0 Å². The summed E-state index contributed by atoms with van der Waals surface area (Å²) in [6.07, 6.45) is 1.76. The van der Waals surface area contributed by atoms with Crippen LogP contribution in [0.2, 0.25) is 0 Å². The largest absolute Gasteiger partial charge is 0.444 e. The topological polar surface area (TPSA) is 78.0 Å². The molecule has 7 nitrogen and oxygen atoms in total. The maximum absolute atomic E-state index is 11.7. The summed E-state index contributed by atoms with van der Waals surface area (Å²) in [6.45, 7) is 11.5. The lowest BCUT2D eigenvalue weighted by Crippen LogP contribution is -2.48. The van der Waals surface area contributed by atoms with E-state index in [2.05, 4.69) is 50.3 Å². The van der Waals surface area contributed by atoms with Crippen LogP contribution in [0.3, 0.4) is 0 Å². The first kappa shape index (κ1) is 21.3. The average molecular weight is 396 g/mol. The molecule has 1 amide bonds. The Morgan fingerprint density at radius 1 is 1.33 bits per heavy atom. The summed E-state index contributed by atoms with van der Waals surface area (Å²) >= 11 is 1.80.